The normalized spacial score (nSPS) is 11.8. The van der Waals surface area contributed by atoms with Crippen LogP contribution in [0.3, 0.4) is 0 Å². The van der Waals surface area contributed by atoms with Crippen molar-refractivity contribution in [2.75, 3.05) is 6.54 Å². The maximum absolute atomic E-state index is 9.58. The summed E-state index contributed by atoms with van der Waals surface area (Å²) in [4.78, 5) is 3.45. The van der Waals surface area contributed by atoms with Crippen molar-refractivity contribution in [3.8, 4) is 0 Å². The van der Waals surface area contributed by atoms with Crippen LogP contribution in [0.1, 0.15) is 0 Å². The van der Waals surface area contributed by atoms with Gasteiger partial charge in [-0.3, -0.25) is 0 Å². The van der Waals surface area contributed by atoms with Gasteiger partial charge >= 0.3 is 51.4 Å². The molecule has 5 nitrogen and oxygen atoms in total. The Balaban J connectivity index is 3.50. The Morgan fingerprint density at radius 3 is 3.00 bits per heavy atom. The van der Waals surface area contributed by atoms with Gasteiger partial charge in [-0.25, -0.2) is 0 Å². The number of amidine groups is 1. The average molecular weight is 127 g/mol. The molecule has 0 fully saturated rings. The Morgan fingerprint density at radius 2 is 2.56 bits per heavy atom. The van der Waals surface area contributed by atoms with Crippen LogP contribution in [-0.2, 0) is 4.70 Å². The zero-order valence-corrected chi connectivity index (χ0v) is 4.69. The first-order valence-corrected chi connectivity index (χ1v) is 2.21. The van der Waals surface area contributed by atoms with Gasteiger partial charge in [0.05, 0.1) is 0 Å². The number of nitrogens with zero attached hydrogens (tertiary/aromatic N) is 2. The molecule has 6 heteroatoms. The molecule has 0 rings (SSSR count). The summed E-state index contributed by atoms with van der Waals surface area (Å²) in [6, 6.07) is 0. The van der Waals surface area contributed by atoms with Gasteiger partial charge in [0, 0.05) is 0 Å². The topological polar surface area (TPSA) is 88.0 Å². The van der Waals surface area contributed by atoms with Gasteiger partial charge in [0.15, 0.2) is 0 Å². The predicted molar refractivity (Wildman–Crippen MR) is 33.2 cm³/mol. The van der Waals surface area contributed by atoms with Crippen molar-refractivity contribution < 1.29 is 9.91 Å². The molecular formula is C3H6BN3O2. The summed E-state index contributed by atoms with van der Waals surface area (Å²) >= 11 is 0. The van der Waals surface area contributed by atoms with Gasteiger partial charge in [0.1, 0.15) is 0 Å². The fourth-order valence-corrected chi connectivity index (χ4v) is 0.221. The fraction of sp³-hybridized carbons (Fsp3) is 0.333. The molecule has 0 aliphatic rings. The zero-order chi connectivity index (χ0) is 7.11. The van der Waals surface area contributed by atoms with E-state index in [9.17, 15) is 4.70 Å². The van der Waals surface area contributed by atoms with E-state index in [-0.39, 0.29) is 12.4 Å². The van der Waals surface area contributed by atoms with Crippen molar-refractivity contribution in [2.24, 2.45) is 15.9 Å². The van der Waals surface area contributed by atoms with Crippen LogP contribution in [0.5, 0.6) is 0 Å². The van der Waals surface area contributed by atoms with E-state index in [0.717, 1.165) is 6.11 Å². The van der Waals surface area contributed by atoms with Gasteiger partial charge in [-0.1, -0.05) is 0 Å². The monoisotopic (exact) mass is 127 g/mol. The maximum atomic E-state index is 9.58. The first-order valence-electron chi connectivity index (χ1n) is 2.21. The van der Waals surface area contributed by atoms with Gasteiger partial charge in [-0.15, -0.1) is 0 Å². The summed E-state index contributed by atoms with van der Waals surface area (Å²) < 4.78 is 9.58. The SMILES string of the molecule is N/C(C/N=C\B=O)=N\O. The Labute approximate surface area is 52.5 Å². The van der Waals surface area contributed by atoms with E-state index in [1.165, 1.54) is 0 Å². The van der Waals surface area contributed by atoms with Crippen molar-refractivity contribution in [3.05, 3.63) is 0 Å². The van der Waals surface area contributed by atoms with Crippen LogP contribution in [-0.4, -0.2) is 30.9 Å². The van der Waals surface area contributed by atoms with E-state index in [0.29, 0.717) is 7.15 Å². The van der Waals surface area contributed by atoms with Crippen LogP contribution >= 0.6 is 0 Å². The molecule has 0 saturated carbocycles. The summed E-state index contributed by atoms with van der Waals surface area (Å²) in [7, 11) is 0.519. The summed E-state index contributed by atoms with van der Waals surface area (Å²) in [5.41, 5.74) is 4.98. The van der Waals surface area contributed by atoms with E-state index in [1.54, 1.807) is 0 Å². The van der Waals surface area contributed by atoms with Crippen LogP contribution in [0.4, 0.5) is 0 Å². The second-order valence-corrected chi connectivity index (χ2v) is 1.22. The number of aliphatic imine (C=N–C) groups is 1. The van der Waals surface area contributed by atoms with Gasteiger partial charge in [-0.05, 0) is 0 Å². The Hall–Kier alpha value is -1.20. The third-order valence-corrected chi connectivity index (χ3v) is 0.548. The number of oxime groups is 1. The number of hydrogen-bond donors (Lipinski definition) is 2. The van der Waals surface area contributed by atoms with Crippen LogP contribution in [0.2, 0.25) is 0 Å². The summed E-state index contributed by atoms with van der Waals surface area (Å²) in [5, 5.41) is 10.6. The minimum atomic E-state index is -0.0203. The second kappa shape index (κ2) is 4.95. The molecule has 0 aromatic heterocycles. The van der Waals surface area contributed by atoms with Gasteiger partial charge in [-0.2, -0.15) is 0 Å². The average Bonchev–Trinajstić information content (AvgIpc) is 1.89. The first-order chi connectivity index (χ1) is 4.31. The summed E-state index contributed by atoms with van der Waals surface area (Å²) in [6.07, 6.45) is 1.04. The summed E-state index contributed by atoms with van der Waals surface area (Å²) in [5.74, 6) is -0.0203. The van der Waals surface area contributed by atoms with Crippen molar-refractivity contribution in [3.63, 3.8) is 0 Å². The second-order valence-electron chi connectivity index (χ2n) is 1.22. The molecule has 0 atom stereocenters. The molecular weight excluding hydrogens is 121 g/mol. The first kappa shape index (κ1) is 7.80. The molecule has 0 bridgehead atoms. The zero-order valence-electron chi connectivity index (χ0n) is 4.69. The van der Waals surface area contributed by atoms with E-state index < -0.39 is 0 Å². The fourth-order valence-electron chi connectivity index (χ4n) is 0.221. The molecule has 0 heterocycles. The summed E-state index contributed by atoms with van der Waals surface area (Å²) in [6.45, 7) is 0.0508. The molecule has 0 amide bonds. The number of rotatable bonds is 3. The molecule has 0 radical (unpaired) electrons. The van der Waals surface area contributed by atoms with Crippen molar-refractivity contribution in [1.29, 1.82) is 0 Å². The molecule has 0 aliphatic carbocycles. The van der Waals surface area contributed by atoms with Gasteiger partial charge < -0.3 is 0 Å². The molecule has 0 unspecified atom stereocenters. The van der Waals surface area contributed by atoms with Crippen LogP contribution in [0.15, 0.2) is 10.1 Å². The Kier molecular flexibility index (Phi) is 4.29. The van der Waals surface area contributed by atoms with E-state index in [2.05, 4.69) is 10.1 Å². The molecule has 0 aromatic rings. The minimum absolute atomic E-state index is 0.0203. The third kappa shape index (κ3) is 4.66. The van der Waals surface area contributed by atoms with Crippen LogP contribution in [0.25, 0.3) is 0 Å². The third-order valence-electron chi connectivity index (χ3n) is 0.548. The van der Waals surface area contributed by atoms with Gasteiger partial charge in [0.25, 0.3) is 0 Å². The van der Waals surface area contributed by atoms with E-state index in [4.69, 9.17) is 10.9 Å². The molecule has 0 aromatic carbocycles. The molecule has 0 aliphatic heterocycles. The molecule has 48 valence electrons. The predicted octanol–water partition coefficient (Wildman–Crippen LogP) is -1.19. The molecule has 0 spiro atoms. The van der Waals surface area contributed by atoms with Crippen molar-refractivity contribution in [2.45, 2.75) is 0 Å². The molecule has 9 heavy (non-hydrogen) atoms. The number of nitrogens with two attached hydrogens (primary N) is 1. The number of hydrogen-bond acceptors (Lipinski definition) is 4. The molecule has 0 saturated heterocycles. The Bertz CT molecular complexity index is 144. The quantitative estimate of drug-likeness (QED) is 0.164. The van der Waals surface area contributed by atoms with Crippen LogP contribution < -0.4 is 5.73 Å². The van der Waals surface area contributed by atoms with Crippen molar-refractivity contribution in [1.82, 2.24) is 0 Å². The van der Waals surface area contributed by atoms with E-state index in [1.807, 2.05) is 0 Å². The standard InChI is InChI=1S/C3H6BN3O2/c5-3(7-9)1-6-2-4-8/h2,9H,1H2,(H2,5,7)/b6-2-. The van der Waals surface area contributed by atoms with E-state index >= 15 is 0 Å². The van der Waals surface area contributed by atoms with Crippen LogP contribution in [0, 0.1) is 0 Å². The Morgan fingerprint density at radius 1 is 1.89 bits per heavy atom. The van der Waals surface area contributed by atoms with Gasteiger partial charge in [0.2, 0.25) is 0 Å². The molecule has 3 N–H and O–H groups in total. The van der Waals surface area contributed by atoms with Crippen molar-refractivity contribution >= 4 is 19.1 Å².